The molecule has 1 aromatic carbocycles. The van der Waals surface area contributed by atoms with Crippen molar-refractivity contribution < 1.29 is 4.74 Å². The Morgan fingerprint density at radius 2 is 2.00 bits per heavy atom. The lowest BCUT2D eigenvalue weighted by molar-refractivity contribution is 0.402. The third-order valence-corrected chi connectivity index (χ3v) is 3.85. The maximum Gasteiger partial charge on any atom is 0.181 e. The summed E-state index contributed by atoms with van der Waals surface area (Å²) in [6.45, 7) is 8.61. The van der Waals surface area contributed by atoms with Crippen LogP contribution in [-0.4, -0.2) is 12.1 Å². The van der Waals surface area contributed by atoms with Crippen molar-refractivity contribution in [1.29, 1.82) is 0 Å². The molecule has 0 amide bonds. The summed E-state index contributed by atoms with van der Waals surface area (Å²) >= 11 is 1.51. The van der Waals surface area contributed by atoms with Gasteiger partial charge in [-0.2, -0.15) is 0 Å². The molecule has 3 nitrogen and oxygen atoms in total. The minimum Gasteiger partial charge on any atom is -0.494 e. The van der Waals surface area contributed by atoms with Gasteiger partial charge < -0.3 is 10.5 Å². The van der Waals surface area contributed by atoms with Crippen molar-refractivity contribution in [3.05, 3.63) is 17.2 Å². The van der Waals surface area contributed by atoms with Crippen LogP contribution in [0.1, 0.15) is 31.9 Å². The van der Waals surface area contributed by atoms with Gasteiger partial charge in [0.05, 0.1) is 11.8 Å². The van der Waals surface area contributed by atoms with E-state index in [9.17, 15) is 0 Å². The number of nitrogens with zero attached hydrogens (tertiary/aromatic N) is 1. The third-order valence-electron chi connectivity index (χ3n) is 2.83. The van der Waals surface area contributed by atoms with E-state index in [1.165, 1.54) is 22.5 Å². The number of methoxy groups -OCH3 is 1. The first-order valence-electron chi connectivity index (χ1n) is 5.58. The highest BCUT2D eigenvalue weighted by Crippen LogP contribution is 2.41. The summed E-state index contributed by atoms with van der Waals surface area (Å²) < 4.78 is 6.66. The fourth-order valence-corrected chi connectivity index (χ4v) is 2.80. The molecule has 17 heavy (non-hydrogen) atoms. The van der Waals surface area contributed by atoms with Gasteiger partial charge in [-0.3, -0.25) is 0 Å². The first-order valence-corrected chi connectivity index (χ1v) is 6.40. The number of hydrogen-bond acceptors (Lipinski definition) is 4. The highest BCUT2D eigenvalue weighted by Gasteiger charge is 2.23. The standard InChI is InChI=1S/C13H18N2OS/c1-7-6-8(13(2,3)4)10(16-5)9-11(7)17-12(14)15-9/h6H,1-5H3,(H2,14,15). The van der Waals surface area contributed by atoms with Crippen LogP contribution >= 0.6 is 11.3 Å². The Kier molecular flexibility index (Phi) is 2.78. The van der Waals surface area contributed by atoms with E-state index in [4.69, 9.17) is 10.5 Å². The summed E-state index contributed by atoms with van der Waals surface area (Å²) in [5, 5.41) is 0.590. The smallest absolute Gasteiger partial charge is 0.181 e. The molecular weight excluding hydrogens is 232 g/mol. The number of nitrogens with two attached hydrogens (primary N) is 1. The lowest BCUT2D eigenvalue weighted by Crippen LogP contribution is -2.13. The average Bonchev–Trinajstić information content (AvgIpc) is 2.58. The van der Waals surface area contributed by atoms with Crippen molar-refractivity contribution >= 4 is 26.7 Å². The van der Waals surface area contributed by atoms with E-state index in [1.54, 1.807) is 7.11 Å². The summed E-state index contributed by atoms with van der Waals surface area (Å²) in [5.41, 5.74) is 9.10. The highest BCUT2D eigenvalue weighted by molar-refractivity contribution is 7.22. The van der Waals surface area contributed by atoms with Gasteiger partial charge in [0.25, 0.3) is 0 Å². The van der Waals surface area contributed by atoms with Crippen LogP contribution in [-0.2, 0) is 5.41 Å². The summed E-state index contributed by atoms with van der Waals surface area (Å²) in [6, 6.07) is 2.18. The fourth-order valence-electron chi connectivity index (χ4n) is 2.00. The molecule has 0 aliphatic heterocycles. The second-order valence-corrected chi connectivity index (χ2v) is 6.28. The van der Waals surface area contributed by atoms with Gasteiger partial charge in [0, 0.05) is 5.56 Å². The van der Waals surface area contributed by atoms with Crippen molar-refractivity contribution in [3.8, 4) is 5.75 Å². The molecule has 0 radical (unpaired) electrons. The zero-order valence-corrected chi connectivity index (χ0v) is 11.7. The van der Waals surface area contributed by atoms with Crippen molar-refractivity contribution in [2.24, 2.45) is 0 Å². The molecule has 0 unspecified atom stereocenters. The monoisotopic (exact) mass is 250 g/mol. The molecule has 4 heteroatoms. The van der Waals surface area contributed by atoms with Gasteiger partial charge in [-0.05, 0) is 17.9 Å². The van der Waals surface area contributed by atoms with E-state index in [0.717, 1.165) is 16.0 Å². The molecule has 0 aliphatic rings. The first-order chi connectivity index (χ1) is 7.84. The van der Waals surface area contributed by atoms with Crippen LogP contribution in [0.15, 0.2) is 6.07 Å². The van der Waals surface area contributed by atoms with Crippen LogP contribution in [0, 0.1) is 6.92 Å². The Morgan fingerprint density at radius 3 is 2.53 bits per heavy atom. The summed E-state index contributed by atoms with van der Waals surface area (Å²) in [4.78, 5) is 4.39. The van der Waals surface area contributed by atoms with Crippen molar-refractivity contribution in [3.63, 3.8) is 0 Å². The van der Waals surface area contributed by atoms with Crippen LogP contribution in [0.5, 0.6) is 5.75 Å². The SMILES string of the molecule is COc1c(C(C)(C)C)cc(C)c2sc(N)nc12. The van der Waals surface area contributed by atoms with Crippen molar-refractivity contribution in [2.75, 3.05) is 12.8 Å². The number of rotatable bonds is 1. The number of benzene rings is 1. The number of fused-ring (bicyclic) bond motifs is 1. The first kappa shape index (κ1) is 12.2. The molecule has 1 heterocycles. The number of nitrogen functional groups attached to an aromatic ring is 1. The normalized spacial score (nSPS) is 12.1. The Morgan fingerprint density at radius 1 is 1.35 bits per heavy atom. The molecular formula is C13H18N2OS. The molecule has 0 saturated heterocycles. The van der Waals surface area contributed by atoms with E-state index < -0.39 is 0 Å². The van der Waals surface area contributed by atoms with E-state index in [1.807, 2.05) is 0 Å². The van der Waals surface area contributed by atoms with E-state index >= 15 is 0 Å². The van der Waals surface area contributed by atoms with Gasteiger partial charge in [-0.25, -0.2) is 4.98 Å². The molecule has 0 spiro atoms. The Balaban J connectivity index is 2.87. The number of aromatic nitrogens is 1. The molecule has 1 aromatic heterocycles. The molecule has 0 aliphatic carbocycles. The molecule has 0 fully saturated rings. The predicted molar refractivity (Wildman–Crippen MR) is 74.0 cm³/mol. The molecule has 2 aromatic rings. The Bertz CT molecular complexity index is 567. The van der Waals surface area contributed by atoms with E-state index in [2.05, 4.69) is 38.7 Å². The maximum atomic E-state index is 5.79. The molecule has 0 bridgehead atoms. The van der Waals surface area contributed by atoms with Gasteiger partial charge in [-0.1, -0.05) is 38.2 Å². The van der Waals surface area contributed by atoms with Gasteiger partial charge in [0.1, 0.15) is 11.3 Å². The maximum absolute atomic E-state index is 5.79. The Hall–Kier alpha value is -1.29. The minimum absolute atomic E-state index is 0.0304. The quantitative estimate of drug-likeness (QED) is 0.842. The van der Waals surface area contributed by atoms with E-state index in [-0.39, 0.29) is 5.41 Å². The number of anilines is 1. The predicted octanol–water partition coefficient (Wildman–Crippen LogP) is 3.49. The molecule has 2 rings (SSSR count). The zero-order valence-electron chi connectivity index (χ0n) is 10.9. The Labute approximate surface area is 106 Å². The van der Waals surface area contributed by atoms with Gasteiger partial charge >= 0.3 is 0 Å². The number of thiazole rings is 1. The minimum atomic E-state index is 0.0304. The molecule has 0 atom stereocenters. The lowest BCUT2D eigenvalue weighted by Gasteiger charge is -2.23. The highest BCUT2D eigenvalue weighted by atomic mass is 32.1. The summed E-state index contributed by atoms with van der Waals surface area (Å²) in [5.74, 6) is 0.853. The van der Waals surface area contributed by atoms with Crippen molar-refractivity contribution in [1.82, 2.24) is 4.98 Å². The second-order valence-electron chi connectivity index (χ2n) is 5.25. The van der Waals surface area contributed by atoms with Crippen LogP contribution in [0.3, 0.4) is 0 Å². The van der Waals surface area contributed by atoms with Crippen LogP contribution in [0.25, 0.3) is 10.2 Å². The van der Waals surface area contributed by atoms with Crippen molar-refractivity contribution in [2.45, 2.75) is 33.1 Å². The summed E-state index contributed by atoms with van der Waals surface area (Å²) in [6.07, 6.45) is 0. The van der Waals surface area contributed by atoms with Crippen LogP contribution in [0.4, 0.5) is 5.13 Å². The largest absolute Gasteiger partial charge is 0.494 e. The zero-order chi connectivity index (χ0) is 12.8. The molecule has 2 N–H and O–H groups in total. The number of hydrogen-bond donors (Lipinski definition) is 1. The van der Waals surface area contributed by atoms with Gasteiger partial charge in [-0.15, -0.1) is 0 Å². The molecule has 92 valence electrons. The van der Waals surface area contributed by atoms with Gasteiger partial charge in [0.2, 0.25) is 0 Å². The summed E-state index contributed by atoms with van der Waals surface area (Å²) in [7, 11) is 1.69. The fraction of sp³-hybridized carbons (Fsp3) is 0.462. The van der Waals surface area contributed by atoms with Crippen LogP contribution in [0.2, 0.25) is 0 Å². The topological polar surface area (TPSA) is 48.1 Å². The van der Waals surface area contributed by atoms with Gasteiger partial charge in [0.15, 0.2) is 5.13 Å². The van der Waals surface area contributed by atoms with E-state index in [0.29, 0.717) is 5.13 Å². The third kappa shape index (κ3) is 1.97. The van der Waals surface area contributed by atoms with Crippen LogP contribution < -0.4 is 10.5 Å². The lowest BCUT2D eigenvalue weighted by atomic mass is 9.85. The average molecular weight is 250 g/mol. The second kappa shape index (κ2) is 3.88. The molecule has 0 saturated carbocycles. The number of aryl methyl sites for hydroxylation is 1. The number of ether oxygens (including phenoxy) is 1.